The van der Waals surface area contributed by atoms with E-state index in [4.69, 9.17) is 0 Å². The van der Waals surface area contributed by atoms with Crippen molar-refractivity contribution >= 4 is 17.5 Å². The van der Waals surface area contributed by atoms with Crippen LogP contribution < -0.4 is 10.6 Å². The molecule has 0 aliphatic heterocycles. The van der Waals surface area contributed by atoms with Crippen molar-refractivity contribution in [2.75, 3.05) is 10.6 Å². The minimum Gasteiger partial charge on any atom is -0.352 e. The van der Waals surface area contributed by atoms with E-state index in [0.29, 0.717) is 11.6 Å². The van der Waals surface area contributed by atoms with E-state index in [1.54, 1.807) is 12.3 Å². The highest BCUT2D eigenvalue weighted by molar-refractivity contribution is 6.03. The Morgan fingerprint density at radius 3 is 2.55 bits per heavy atom. The molecular weight excluding hydrogens is 276 g/mol. The molecule has 0 bridgehead atoms. The number of hydrogen-bond donors (Lipinski definition) is 2. The second-order valence-corrected chi connectivity index (χ2v) is 5.55. The molecule has 0 saturated carbocycles. The largest absolute Gasteiger partial charge is 0.352 e. The Kier molecular flexibility index (Phi) is 5.09. The van der Waals surface area contributed by atoms with E-state index in [1.807, 2.05) is 32.9 Å². The highest BCUT2D eigenvalue weighted by Gasteiger charge is 2.10. The van der Waals surface area contributed by atoms with E-state index < -0.39 is 0 Å². The summed E-state index contributed by atoms with van der Waals surface area (Å²) in [6, 6.07) is 7.81. The molecule has 1 unspecified atom stereocenters. The maximum atomic E-state index is 12.3. The Morgan fingerprint density at radius 2 is 1.91 bits per heavy atom. The van der Waals surface area contributed by atoms with Crippen LogP contribution in [0.25, 0.3) is 0 Å². The Balaban J connectivity index is 2.13. The van der Waals surface area contributed by atoms with Crippen molar-refractivity contribution in [3.63, 3.8) is 0 Å². The summed E-state index contributed by atoms with van der Waals surface area (Å²) in [5, 5.41) is 6.04. The molecule has 0 saturated heterocycles. The number of nitrogens with zero attached hydrogens (tertiary/aromatic N) is 2. The Labute approximate surface area is 131 Å². The van der Waals surface area contributed by atoms with Gasteiger partial charge in [-0.15, -0.1) is 0 Å². The van der Waals surface area contributed by atoms with Crippen LogP contribution in [-0.2, 0) is 0 Å². The first-order valence-electron chi connectivity index (χ1n) is 7.47. The van der Waals surface area contributed by atoms with Gasteiger partial charge in [-0.2, -0.15) is 0 Å². The average molecular weight is 298 g/mol. The molecule has 0 radical (unpaired) electrons. The van der Waals surface area contributed by atoms with Gasteiger partial charge in [-0.3, -0.25) is 4.79 Å². The van der Waals surface area contributed by atoms with Gasteiger partial charge in [0.25, 0.3) is 5.91 Å². The number of benzene rings is 1. The summed E-state index contributed by atoms with van der Waals surface area (Å²) < 4.78 is 0. The number of rotatable bonds is 5. The second kappa shape index (κ2) is 7.02. The lowest BCUT2D eigenvalue weighted by Crippen LogP contribution is -2.19. The molecule has 1 atom stereocenters. The summed E-state index contributed by atoms with van der Waals surface area (Å²) in [7, 11) is 0. The summed E-state index contributed by atoms with van der Waals surface area (Å²) >= 11 is 0. The number of anilines is 2. The minimum absolute atomic E-state index is 0.236. The maximum absolute atomic E-state index is 12.3. The summed E-state index contributed by atoms with van der Waals surface area (Å²) in [5.74, 6) is 0.238. The molecule has 2 rings (SSSR count). The molecule has 1 amide bonds. The predicted octanol–water partition coefficient (Wildman–Crippen LogP) is 3.56. The quantitative estimate of drug-likeness (QED) is 0.885. The van der Waals surface area contributed by atoms with E-state index in [1.165, 1.54) is 0 Å². The van der Waals surface area contributed by atoms with Crippen molar-refractivity contribution in [3.05, 3.63) is 47.3 Å². The molecule has 2 N–H and O–H groups in total. The van der Waals surface area contributed by atoms with Crippen LogP contribution in [0.5, 0.6) is 0 Å². The van der Waals surface area contributed by atoms with Crippen molar-refractivity contribution in [3.8, 4) is 0 Å². The monoisotopic (exact) mass is 298 g/mol. The molecule has 5 nitrogen and oxygen atoms in total. The second-order valence-electron chi connectivity index (χ2n) is 5.55. The van der Waals surface area contributed by atoms with Crippen LogP contribution in [0.15, 0.2) is 30.5 Å². The third-order valence-electron chi connectivity index (χ3n) is 3.36. The van der Waals surface area contributed by atoms with E-state index in [0.717, 1.165) is 23.2 Å². The van der Waals surface area contributed by atoms with Gasteiger partial charge in [0.2, 0.25) is 5.95 Å². The van der Waals surface area contributed by atoms with Gasteiger partial charge in [0.15, 0.2) is 0 Å². The van der Waals surface area contributed by atoms with Gasteiger partial charge in [0, 0.05) is 17.9 Å². The van der Waals surface area contributed by atoms with Crippen LogP contribution in [0.2, 0.25) is 0 Å². The Bertz CT molecular complexity index is 649. The van der Waals surface area contributed by atoms with Gasteiger partial charge in [-0.25, -0.2) is 9.97 Å². The normalized spacial score (nSPS) is 11.8. The average Bonchev–Trinajstić information content (AvgIpc) is 2.46. The van der Waals surface area contributed by atoms with Crippen LogP contribution >= 0.6 is 0 Å². The fraction of sp³-hybridized carbons (Fsp3) is 0.353. The first kappa shape index (κ1) is 15.9. The molecule has 0 aliphatic carbocycles. The predicted molar refractivity (Wildman–Crippen MR) is 89.3 cm³/mol. The lowest BCUT2D eigenvalue weighted by atomic mass is 10.1. The van der Waals surface area contributed by atoms with Crippen molar-refractivity contribution in [2.45, 2.75) is 40.2 Å². The van der Waals surface area contributed by atoms with Crippen molar-refractivity contribution in [1.82, 2.24) is 9.97 Å². The van der Waals surface area contributed by atoms with Crippen LogP contribution in [-0.4, -0.2) is 21.9 Å². The summed E-state index contributed by atoms with van der Waals surface area (Å²) in [6.07, 6.45) is 2.55. The molecule has 5 heteroatoms. The molecular formula is C17H22N4O. The minimum atomic E-state index is -0.236. The molecule has 2 aromatic rings. The van der Waals surface area contributed by atoms with Crippen molar-refractivity contribution in [2.24, 2.45) is 0 Å². The third kappa shape index (κ3) is 4.28. The first-order valence-corrected chi connectivity index (χ1v) is 7.47. The topological polar surface area (TPSA) is 66.9 Å². The zero-order valence-electron chi connectivity index (χ0n) is 13.5. The van der Waals surface area contributed by atoms with Crippen LogP contribution in [0.4, 0.5) is 11.6 Å². The molecule has 116 valence electrons. The van der Waals surface area contributed by atoms with Gasteiger partial charge in [-0.1, -0.05) is 13.0 Å². The number of aromatic nitrogens is 2. The summed E-state index contributed by atoms with van der Waals surface area (Å²) in [5.41, 5.74) is 3.34. The highest BCUT2D eigenvalue weighted by atomic mass is 16.1. The zero-order valence-corrected chi connectivity index (χ0v) is 13.5. The fourth-order valence-corrected chi connectivity index (χ4v) is 2.12. The Morgan fingerprint density at radius 1 is 1.23 bits per heavy atom. The molecule has 1 aromatic heterocycles. The number of aryl methyl sites for hydroxylation is 2. The lowest BCUT2D eigenvalue weighted by molar-refractivity contribution is 0.102. The lowest BCUT2D eigenvalue weighted by Gasteiger charge is -2.12. The highest BCUT2D eigenvalue weighted by Crippen LogP contribution is 2.15. The van der Waals surface area contributed by atoms with Gasteiger partial charge in [0.05, 0.1) is 0 Å². The van der Waals surface area contributed by atoms with Crippen LogP contribution in [0.3, 0.4) is 0 Å². The zero-order chi connectivity index (χ0) is 16.1. The molecule has 0 fully saturated rings. The van der Waals surface area contributed by atoms with Crippen molar-refractivity contribution < 1.29 is 4.79 Å². The smallest absolute Gasteiger partial charge is 0.274 e. The first-order chi connectivity index (χ1) is 10.5. The number of hydrogen-bond acceptors (Lipinski definition) is 4. The summed E-state index contributed by atoms with van der Waals surface area (Å²) in [6.45, 7) is 8.13. The summed E-state index contributed by atoms with van der Waals surface area (Å²) in [4.78, 5) is 20.7. The molecule has 1 aromatic carbocycles. The van der Waals surface area contributed by atoms with Crippen LogP contribution in [0.1, 0.15) is 41.9 Å². The molecule has 0 aliphatic rings. The Hall–Kier alpha value is -2.43. The molecule has 0 spiro atoms. The van der Waals surface area contributed by atoms with Gasteiger partial charge in [0.1, 0.15) is 5.69 Å². The van der Waals surface area contributed by atoms with E-state index in [-0.39, 0.29) is 11.9 Å². The van der Waals surface area contributed by atoms with Gasteiger partial charge in [-0.05, 0) is 56.5 Å². The third-order valence-corrected chi connectivity index (χ3v) is 3.36. The number of nitrogens with one attached hydrogen (secondary N) is 2. The van der Waals surface area contributed by atoms with Crippen LogP contribution in [0, 0.1) is 13.8 Å². The number of carbonyl (C=O) groups excluding carboxylic acids is 1. The molecule has 22 heavy (non-hydrogen) atoms. The molecule has 1 heterocycles. The standard InChI is InChI=1S/C17H22N4O/c1-5-13(4)19-17-18-7-6-15(21-17)16(22)20-14-9-11(2)8-12(3)10-14/h6-10,13H,5H2,1-4H3,(H,20,22)(H,18,19,21). The number of carbonyl (C=O) groups is 1. The maximum Gasteiger partial charge on any atom is 0.274 e. The van der Waals surface area contributed by atoms with E-state index in [2.05, 4.69) is 33.6 Å². The van der Waals surface area contributed by atoms with Crippen molar-refractivity contribution in [1.29, 1.82) is 0 Å². The van der Waals surface area contributed by atoms with E-state index >= 15 is 0 Å². The van der Waals surface area contributed by atoms with Gasteiger partial charge < -0.3 is 10.6 Å². The van der Waals surface area contributed by atoms with Gasteiger partial charge >= 0.3 is 0 Å². The number of amides is 1. The van der Waals surface area contributed by atoms with E-state index in [9.17, 15) is 4.79 Å². The fourth-order valence-electron chi connectivity index (χ4n) is 2.12. The SMILES string of the molecule is CCC(C)Nc1nccc(C(=O)Nc2cc(C)cc(C)c2)n1.